The van der Waals surface area contributed by atoms with Crippen LogP contribution in [0.1, 0.15) is 31.9 Å². The van der Waals surface area contributed by atoms with Crippen LogP contribution in [0.5, 0.6) is 0 Å². The summed E-state index contributed by atoms with van der Waals surface area (Å²) in [5.41, 5.74) is 9.85. The van der Waals surface area contributed by atoms with E-state index in [9.17, 15) is 0 Å². The van der Waals surface area contributed by atoms with E-state index in [1.165, 1.54) is 60.5 Å². The second-order valence-electron chi connectivity index (χ2n) is 10.2. The van der Waals surface area contributed by atoms with Gasteiger partial charge < -0.3 is 0 Å². The molecule has 0 saturated heterocycles. The minimum absolute atomic E-state index is 0.144. The average molecular weight is 425 g/mol. The highest BCUT2D eigenvalue weighted by molar-refractivity contribution is 6.02. The highest BCUT2D eigenvalue weighted by Gasteiger charge is 2.27. The van der Waals surface area contributed by atoms with Crippen LogP contribution in [0, 0.1) is 5.41 Å². The van der Waals surface area contributed by atoms with Crippen molar-refractivity contribution < 1.29 is 0 Å². The standard InChI is InChI=1S/C33H28/c1-33(2,3)24-20-31-29(27-16-8-12-22-10-4-6-14-25(22)27)18-19-30(32(31)21-24)28-17-9-13-23-11-5-7-15-26(23)28/h4-20H,21H2,1-3H3. The molecule has 0 unspecified atom stereocenters. The van der Waals surface area contributed by atoms with Gasteiger partial charge in [-0.05, 0) is 66.8 Å². The predicted molar refractivity (Wildman–Crippen MR) is 143 cm³/mol. The van der Waals surface area contributed by atoms with E-state index in [1.807, 2.05) is 0 Å². The fourth-order valence-corrected chi connectivity index (χ4v) is 5.33. The Kier molecular flexibility index (Phi) is 4.52. The molecule has 6 rings (SSSR count). The van der Waals surface area contributed by atoms with E-state index in [0.717, 1.165) is 6.42 Å². The van der Waals surface area contributed by atoms with E-state index in [2.05, 4.69) is 124 Å². The van der Waals surface area contributed by atoms with Crippen molar-refractivity contribution in [3.63, 3.8) is 0 Å². The van der Waals surface area contributed by atoms with Gasteiger partial charge in [-0.25, -0.2) is 0 Å². The van der Waals surface area contributed by atoms with Gasteiger partial charge in [0, 0.05) is 0 Å². The van der Waals surface area contributed by atoms with Crippen LogP contribution >= 0.6 is 0 Å². The Hall–Kier alpha value is -3.64. The van der Waals surface area contributed by atoms with Crippen molar-refractivity contribution >= 4 is 27.6 Å². The van der Waals surface area contributed by atoms with Crippen molar-refractivity contribution in [2.45, 2.75) is 27.2 Å². The number of allylic oxidation sites excluding steroid dienone is 1. The molecule has 0 N–H and O–H groups in total. The van der Waals surface area contributed by atoms with Gasteiger partial charge in [-0.15, -0.1) is 0 Å². The molecule has 0 spiro atoms. The van der Waals surface area contributed by atoms with E-state index in [0.29, 0.717) is 0 Å². The SMILES string of the molecule is CC(C)(C)C1=Cc2c(-c3cccc4ccccc34)ccc(-c3cccc4ccccc34)c2C1. The van der Waals surface area contributed by atoms with Gasteiger partial charge in [-0.1, -0.05) is 129 Å². The second-order valence-corrected chi connectivity index (χ2v) is 10.2. The molecule has 0 nitrogen and oxygen atoms in total. The number of hydrogen-bond acceptors (Lipinski definition) is 0. The van der Waals surface area contributed by atoms with Crippen LogP contribution in [0.15, 0.2) is 103 Å². The van der Waals surface area contributed by atoms with Crippen LogP contribution in [-0.4, -0.2) is 0 Å². The minimum atomic E-state index is 0.144. The summed E-state index contributed by atoms with van der Waals surface area (Å²) in [4.78, 5) is 0. The Bertz CT molecular complexity index is 1550. The molecule has 0 aromatic heterocycles. The highest BCUT2D eigenvalue weighted by atomic mass is 14.3. The predicted octanol–water partition coefficient (Wildman–Crippen LogP) is 9.31. The van der Waals surface area contributed by atoms with E-state index in [-0.39, 0.29) is 5.41 Å². The van der Waals surface area contributed by atoms with Crippen LogP contribution in [0.25, 0.3) is 49.9 Å². The van der Waals surface area contributed by atoms with Crippen molar-refractivity contribution in [1.82, 2.24) is 0 Å². The van der Waals surface area contributed by atoms with Gasteiger partial charge in [-0.3, -0.25) is 0 Å². The Morgan fingerprint density at radius 1 is 0.515 bits per heavy atom. The fourth-order valence-electron chi connectivity index (χ4n) is 5.33. The van der Waals surface area contributed by atoms with Crippen molar-refractivity contribution in [1.29, 1.82) is 0 Å². The topological polar surface area (TPSA) is 0 Å². The largest absolute Gasteiger partial charge is 0.0616 e. The van der Waals surface area contributed by atoms with Crippen LogP contribution in [0.3, 0.4) is 0 Å². The van der Waals surface area contributed by atoms with Gasteiger partial charge in [0.2, 0.25) is 0 Å². The molecule has 160 valence electrons. The van der Waals surface area contributed by atoms with Gasteiger partial charge >= 0.3 is 0 Å². The molecular weight excluding hydrogens is 396 g/mol. The maximum absolute atomic E-state index is 2.47. The van der Waals surface area contributed by atoms with Crippen LogP contribution in [0.4, 0.5) is 0 Å². The lowest BCUT2D eigenvalue weighted by molar-refractivity contribution is 0.498. The second kappa shape index (κ2) is 7.46. The number of rotatable bonds is 2. The first-order valence-electron chi connectivity index (χ1n) is 11.8. The molecule has 0 radical (unpaired) electrons. The molecule has 5 aromatic carbocycles. The molecule has 0 aliphatic heterocycles. The Labute approximate surface area is 196 Å². The smallest absolute Gasteiger partial charge is 0.00462 e. The third kappa shape index (κ3) is 3.29. The summed E-state index contributed by atoms with van der Waals surface area (Å²) in [5.74, 6) is 0. The Morgan fingerprint density at radius 3 is 1.64 bits per heavy atom. The fraction of sp³-hybridized carbons (Fsp3) is 0.152. The number of benzene rings is 5. The molecule has 0 amide bonds. The molecule has 33 heavy (non-hydrogen) atoms. The zero-order valence-corrected chi connectivity index (χ0v) is 19.5. The average Bonchev–Trinajstić information content (AvgIpc) is 3.29. The first kappa shape index (κ1) is 20.0. The maximum atomic E-state index is 2.47. The Morgan fingerprint density at radius 2 is 1.03 bits per heavy atom. The van der Waals surface area contributed by atoms with Crippen molar-refractivity contribution in [2.24, 2.45) is 5.41 Å². The highest BCUT2D eigenvalue weighted by Crippen LogP contribution is 2.46. The molecule has 0 heteroatoms. The number of hydrogen-bond donors (Lipinski definition) is 0. The van der Waals surface area contributed by atoms with Gasteiger partial charge in [-0.2, -0.15) is 0 Å². The van der Waals surface area contributed by atoms with Crippen LogP contribution in [-0.2, 0) is 6.42 Å². The normalized spacial score (nSPS) is 13.4. The molecule has 5 aromatic rings. The first-order valence-corrected chi connectivity index (χ1v) is 11.8. The molecule has 0 fully saturated rings. The number of fused-ring (bicyclic) bond motifs is 3. The Balaban J connectivity index is 1.64. The van der Waals surface area contributed by atoms with E-state index in [4.69, 9.17) is 0 Å². The van der Waals surface area contributed by atoms with Gasteiger partial charge in [0.15, 0.2) is 0 Å². The zero-order valence-electron chi connectivity index (χ0n) is 19.5. The summed E-state index contributed by atoms with van der Waals surface area (Å²) in [6.45, 7) is 7.00. The monoisotopic (exact) mass is 424 g/mol. The third-order valence-electron chi connectivity index (χ3n) is 7.17. The summed E-state index contributed by atoms with van der Waals surface area (Å²) < 4.78 is 0. The molecule has 1 aliphatic rings. The van der Waals surface area contributed by atoms with Crippen molar-refractivity contribution in [3.05, 3.63) is 114 Å². The van der Waals surface area contributed by atoms with Crippen molar-refractivity contribution in [2.75, 3.05) is 0 Å². The lowest BCUT2D eigenvalue weighted by Gasteiger charge is -2.20. The lowest BCUT2D eigenvalue weighted by Crippen LogP contribution is -2.09. The molecule has 0 bridgehead atoms. The minimum Gasteiger partial charge on any atom is -0.0616 e. The van der Waals surface area contributed by atoms with E-state index in [1.54, 1.807) is 0 Å². The summed E-state index contributed by atoms with van der Waals surface area (Å²) in [6.07, 6.45) is 3.48. The third-order valence-corrected chi connectivity index (χ3v) is 7.17. The maximum Gasteiger partial charge on any atom is -0.00462 e. The van der Waals surface area contributed by atoms with Crippen LogP contribution in [0.2, 0.25) is 0 Å². The quantitative estimate of drug-likeness (QED) is 0.265. The molecule has 0 heterocycles. The lowest BCUT2D eigenvalue weighted by atomic mass is 9.84. The van der Waals surface area contributed by atoms with Gasteiger partial charge in [0.1, 0.15) is 0 Å². The summed E-state index contributed by atoms with van der Waals surface area (Å²) in [5, 5.41) is 5.23. The molecular formula is C33H28. The molecule has 1 aliphatic carbocycles. The summed E-state index contributed by atoms with van der Waals surface area (Å²) in [7, 11) is 0. The van der Waals surface area contributed by atoms with Crippen LogP contribution < -0.4 is 0 Å². The van der Waals surface area contributed by atoms with E-state index >= 15 is 0 Å². The first-order chi connectivity index (χ1) is 16.0. The van der Waals surface area contributed by atoms with Crippen molar-refractivity contribution in [3.8, 4) is 22.3 Å². The van der Waals surface area contributed by atoms with E-state index < -0.39 is 0 Å². The van der Waals surface area contributed by atoms with Gasteiger partial charge in [0.05, 0.1) is 0 Å². The molecule has 0 atom stereocenters. The summed E-state index contributed by atoms with van der Waals surface area (Å²) >= 11 is 0. The summed E-state index contributed by atoms with van der Waals surface area (Å²) in [6, 6.07) is 35.5. The van der Waals surface area contributed by atoms with Gasteiger partial charge in [0.25, 0.3) is 0 Å². The zero-order chi connectivity index (χ0) is 22.6. The molecule has 0 saturated carbocycles.